The van der Waals surface area contributed by atoms with Crippen LogP contribution < -0.4 is 0 Å². The van der Waals surface area contributed by atoms with Gasteiger partial charge in [0.05, 0.1) is 26.4 Å². The molecule has 0 aliphatic rings. The molecule has 0 saturated heterocycles. The Morgan fingerprint density at radius 2 is 0.500 bits per heavy atom. The summed E-state index contributed by atoms with van der Waals surface area (Å²) in [7, 11) is -9.96. The van der Waals surface area contributed by atoms with Gasteiger partial charge >= 0.3 is 39.5 Å². The maximum absolute atomic E-state index is 13.1. The Bertz CT molecular complexity index is 2230. The van der Waals surface area contributed by atoms with Crippen molar-refractivity contribution in [1.82, 2.24) is 0 Å². The number of allylic oxidation sites excluding steroid dienone is 14. The first kappa shape index (κ1) is 96.2. The number of hydrogen-bond acceptors (Lipinski definition) is 15. The molecule has 0 spiro atoms. The summed E-state index contributed by atoms with van der Waals surface area (Å²) in [4.78, 5) is 72.9. The molecule has 0 aromatic rings. The van der Waals surface area contributed by atoms with Crippen LogP contribution in [0.15, 0.2) is 85.1 Å². The minimum atomic E-state index is -4.99. The first-order valence-electron chi connectivity index (χ1n) is 39.8. The van der Waals surface area contributed by atoms with E-state index in [4.69, 9.17) is 37.0 Å². The van der Waals surface area contributed by atoms with Crippen molar-refractivity contribution in [3.05, 3.63) is 85.1 Å². The lowest BCUT2D eigenvalue weighted by Gasteiger charge is -2.21. The van der Waals surface area contributed by atoms with Gasteiger partial charge in [-0.25, -0.2) is 9.13 Å². The average molecular weight is 1450 g/mol. The molecule has 0 fully saturated rings. The molecule has 0 bridgehead atoms. The van der Waals surface area contributed by atoms with Gasteiger partial charge in [-0.05, 0) is 122 Å². The minimum Gasteiger partial charge on any atom is -0.462 e. The molecular weight excluding hydrogens is 1310 g/mol. The highest BCUT2D eigenvalue weighted by molar-refractivity contribution is 7.47. The maximum atomic E-state index is 13.1. The van der Waals surface area contributed by atoms with E-state index in [0.717, 1.165) is 128 Å². The number of carbonyl (C=O) groups is 4. The third-order valence-electron chi connectivity index (χ3n) is 16.8. The molecule has 0 radical (unpaired) electrons. The number of rotatable bonds is 75. The lowest BCUT2D eigenvalue weighted by molar-refractivity contribution is -0.161. The smallest absolute Gasteiger partial charge is 0.462 e. The molecular formula is C81H144O17P2. The molecule has 100 heavy (non-hydrogen) atoms. The average Bonchev–Trinajstić information content (AvgIpc) is 0.945. The molecule has 0 aliphatic carbocycles. The van der Waals surface area contributed by atoms with Crippen LogP contribution in [-0.4, -0.2) is 96.7 Å². The Labute approximate surface area is 608 Å². The van der Waals surface area contributed by atoms with E-state index < -0.39 is 97.5 Å². The molecule has 3 N–H and O–H groups in total. The monoisotopic (exact) mass is 1450 g/mol. The molecule has 2 unspecified atom stereocenters. The van der Waals surface area contributed by atoms with Crippen LogP contribution in [0.25, 0.3) is 0 Å². The highest BCUT2D eigenvalue weighted by Gasteiger charge is 2.30. The van der Waals surface area contributed by atoms with Crippen molar-refractivity contribution in [3.8, 4) is 0 Å². The topological polar surface area (TPSA) is 237 Å². The Balaban J connectivity index is 5.40. The number of phosphoric acid groups is 2. The fourth-order valence-corrected chi connectivity index (χ4v) is 12.3. The number of esters is 4. The SMILES string of the molecule is CCCCC/C=C\C/C=C\C/C=C\C/C=C\CCCC(=O)OC[C@H](COP(=O)(O)OC[C@@H](O)COP(=O)(O)OC[C@@H](COC(=O)CCCCCCCCCCCCCCC)OC(=O)CCCCCCC/C=C\C/C=C\CCCCC)OC(=O)CCCCCCC/C=C\CCCCCCCC. The molecule has 0 aromatic heterocycles. The second-order valence-corrected chi connectivity index (χ2v) is 29.6. The van der Waals surface area contributed by atoms with E-state index in [-0.39, 0.29) is 25.7 Å². The zero-order chi connectivity index (χ0) is 73.2. The predicted octanol–water partition coefficient (Wildman–Crippen LogP) is 23.0. The molecule has 0 rings (SSSR count). The number of hydrogen-bond donors (Lipinski definition) is 3. The summed E-state index contributed by atoms with van der Waals surface area (Å²) >= 11 is 0. The third kappa shape index (κ3) is 72.6. The van der Waals surface area contributed by atoms with E-state index in [0.29, 0.717) is 32.1 Å². The molecule has 19 heteroatoms. The maximum Gasteiger partial charge on any atom is 0.472 e. The number of phosphoric ester groups is 2. The van der Waals surface area contributed by atoms with Crippen molar-refractivity contribution in [3.63, 3.8) is 0 Å². The van der Waals surface area contributed by atoms with Gasteiger partial charge in [0.2, 0.25) is 0 Å². The standard InChI is InChI=1S/C81H144O17P2/c1-5-9-13-17-21-25-29-33-36-37-40-42-46-50-54-58-62-66-79(84)92-72-77(98-81(86)68-64-60-56-52-48-44-39-35-31-27-23-19-15-11-7-3)74-96-100(89,90)94-70-75(82)69-93-99(87,88)95-73-76(71-91-78(83)65-61-57-53-49-45-41-32-28-24-20-16-12-8-4)97-80(85)67-63-59-55-51-47-43-38-34-30-26-22-18-14-10-6-2/h21-22,25-26,33-36,38-40,42,50,54,75-77,82H,5-20,23-24,27-32,37,41,43-49,51-53,55-74H2,1-4H3,(H,87,88)(H,89,90)/b25-21-,26-22-,36-33-,38-34-,39-35-,42-40-,54-50-/t75-,76+,77+/m0/s1. The first-order valence-corrected chi connectivity index (χ1v) is 42.8. The first-order chi connectivity index (χ1) is 48.7. The Morgan fingerprint density at radius 3 is 0.820 bits per heavy atom. The molecule has 17 nitrogen and oxygen atoms in total. The number of aliphatic hydroxyl groups excluding tert-OH is 1. The highest BCUT2D eigenvalue weighted by Crippen LogP contribution is 2.45. The molecule has 0 amide bonds. The van der Waals surface area contributed by atoms with Crippen LogP contribution in [0.3, 0.4) is 0 Å². The number of carbonyl (C=O) groups excluding carboxylic acids is 4. The van der Waals surface area contributed by atoms with E-state index in [1.165, 1.54) is 135 Å². The van der Waals surface area contributed by atoms with E-state index >= 15 is 0 Å². The van der Waals surface area contributed by atoms with Crippen LogP contribution in [0, 0.1) is 0 Å². The van der Waals surface area contributed by atoms with Gasteiger partial charge in [-0.1, -0.05) is 286 Å². The van der Waals surface area contributed by atoms with Gasteiger partial charge in [0, 0.05) is 25.7 Å². The predicted molar refractivity (Wildman–Crippen MR) is 409 cm³/mol. The zero-order valence-electron chi connectivity index (χ0n) is 63.4. The van der Waals surface area contributed by atoms with Crippen LogP contribution in [0.5, 0.6) is 0 Å². The van der Waals surface area contributed by atoms with Gasteiger partial charge in [-0.15, -0.1) is 0 Å². The fourth-order valence-electron chi connectivity index (χ4n) is 10.7. The van der Waals surface area contributed by atoms with Crippen molar-refractivity contribution in [1.29, 1.82) is 0 Å². The van der Waals surface area contributed by atoms with Crippen LogP contribution >= 0.6 is 15.6 Å². The van der Waals surface area contributed by atoms with Gasteiger partial charge < -0.3 is 33.8 Å². The normalized spacial score (nSPS) is 14.3. The van der Waals surface area contributed by atoms with E-state index in [1.54, 1.807) is 0 Å². The van der Waals surface area contributed by atoms with Crippen molar-refractivity contribution >= 4 is 39.5 Å². The van der Waals surface area contributed by atoms with Crippen LogP contribution in [-0.2, 0) is 65.4 Å². The number of ether oxygens (including phenoxy) is 4. The summed E-state index contributed by atoms with van der Waals surface area (Å²) in [6.07, 6.45) is 75.6. The van der Waals surface area contributed by atoms with Gasteiger partial charge in [0.25, 0.3) is 0 Å². The second kappa shape index (κ2) is 73.5. The largest absolute Gasteiger partial charge is 0.472 e. The Kier molecular flexibility index (Phi) is 70.8. The Morgan fingerprint density at radius 1 is 0.280 bits per heavy atom. The Hall–Kier alpha value is -3.76. The molecule has 0 aromatic carbocycles. The third-order valence-corrected chi connectivity index (χ3v) is 18.7. The summed E-state index contributed by atoms with van der Waals surface area (Å²) in [6, 6.07) is 0. The van der Waals surface area contributed by atoms with E-state index in [9.17, 15) is 43.2 Å². The van der Waals surface area contributed by atoms with Crippen LogP contribution in [0.4, 0.5) is 0 Å². The van der Waals surface area contributed by atoms with Gasteiger partial charge in [0.1, 0.15) is 19.3 Å². The summed E-state index contributed by atoms with van der Waals surface area (Å²) in [5.41, 5.74) is 0. The van der Waals surface area contributed by atoms with Crippen molar-refractivity contribution in [2.45, 2.75) is 367 Å². The van der Waals surface area contributed by atoms with Gasteiger partial charge in [0.15, 0.2) is 12.2 Å². The number of unbranched alkanes of at least 4 members (excludes halogenated alkanes) is 35. The summed E-state index contributed by atoms with van der Waals surface area (Å²) in [5.74, 6) is -2.24. The van der Waals surface area contributed by atoms with Crippen LogP contribution in [0.1, 0.15) is 349 Å². The van der Waals surface area contributed by atoms with E-state index in [2.05, 4.69) is 101 Å². The molecule has 0 saturated carbocycles. The molecule has 580 valence electrons. The zero-order valence-corrected chi connectivity index (χ0v) is 65.2. The lowest BCUT2D eigenvalue weighted by atomic mass is 10.0. The lowest BCUT2D eigenvalue weighted by Crippen LogP contribution is -2.30. The van der Waals surface area contributed by atoms with Crippen LogP contribution in [0.2, 0.25) is 0 Å². The second-order valence-electron chi connectivity index (χ2n) is 26.7. The van der Waals surface area contributed by atoms with Gasteiger partial charge in [-0.3, -0.25) is 37.3 Å². The fraction of sp³-hybridized carbons (Fsp3) is 0.778. The van der Waals surface area contributed by atoms with Gasteiger partial charge in [-0.2, -0.15) is 0 Å². The summed E-state index contributed by atoms with van der Waals surface area (Å²) < 4.78 is 68.5. The quantitative estimate of drug-likeness (QED) is 0.0169. The molecule has 0 aliphatic heterocycles. The summed E-state index contributed by atoms with van der Waals surface area (Å²) in [6.45, 7) is 4.77. The van der Waals surface area contributed by atoms with Crippen molar-refractivity contribution in [2.75, 3.05) is 39.6 Å². The van der Waals surface area contributed by atoms with Crippen molar-refractivity contribution in [2.24, 2.45) is 0 Å². The van der Waals surface area contributed by atoms with Crippen molar-refractivity contribution < 1.29 is 80.2 Å². The van der Waals surface area contributed by atoms with E-state index in [1.807, 2.05) is 12.2 Å². The summed E-state index contributed by atoms with van der Waals surface area (Å²) in [5, 5.41) is 10.6. The number of aliphatic hydroxyl groups is 1. The molecule has 0 heterocycles. The minimum absolute atomic E-state index is 0.0748. The molecule has 5 atom stereocenters. The highest BCUT2D eigenvalue weighted by atomic mass is 31.2.